The van der Waals surface area contributed by atoms with Gasteiger partial charge in [-0.3, -0.25) is 16.0 Å². The maximum atomic E-state index is 14.2. The molecule has 0 spiro atoms. The number of halogens is 3. The summed E-state index contributed by atoms with van der Waals surface area (Å²) in [5.74, 6) is 5.28. The van der Waals surface area contributed by atoms with Gasteiger partial charge in [-0.05, 0) is 28.4 Å². The zero-order valence-electron chi connectivity index (χ0n) is 11.8. The fourth-order valence-electron chi connectivity index (χ4n) is 2.28. The summed E-state index contributed by atoms with van der Waals surface area (Å²) in [7, 11) is 1.82. The van der Waals surface area contributed by atoms with Crippen LogP contribution in [-0.4, -0.2) is 9.78 Å². The van der Waals surface area contributed by atoms with Crippen LogP contribution in [0.5, 0.6) is 0 Å². The van der Waals surface area contributed by atoms with Crippen LogP contribution in [-0.2, 0) is 19.9 Å². The Morgan fingerprint density at radius 3 is 2.81 bits per heavy atom. The zero-order valence-corrected chi connectivity index (χ0v) is 14.2. The van der Waals surface area contributed by atoms with E-state index in [0.29, 0.717) is 21.5 Å². The molecule has 7 heteroatoms. The SMILES string of the molecule is CCc1nn(C)c(CC(NN)c2cccc(Br)c2F)c1Cl. The number of nitrogens with zero attached hydrogens (tertiary/aromatic N) is 2. The van der Waals surface area contributed by atoms with E-state index in [1.165, 1.54) is 0 Å². The molecule has 0 fully saturated rings. The van der Waals surface area contributed by atoms with E-state index in [1.807, 2.05) is 14.0 Å². The highest BCUT2D eigenvalue weighted by Gasteiger charge is 2.21. The van der Waals surface area contributed by atoms with Crippen LogP contribution in [0.25, 0.3) is 0 Å². The van der Waals surface area contributed by atoms with Gasteiger partial charge in [-0.25, -0.2) is 4.39 Å². The van der Waals surface area contributed by atoms with E-state index in [1.54, 1.807) is 22.9 Å². The van der Waals surface area contributed by atoms with Crippen molar-refractivity contribution in [2.45, 2.75) is 25.8 Å². The smallest absolute Gasteiger partial charge is 0.142 e. The van der Waals surface area contributed by atoms with Crippen molar-refractivity contribution >= 4 is 27.5 Å². The lowest BCUT2D eigenvalue weighted by atomic mass is 10.0. The number of hydrazine groups is 1. The molecular weight excluding hydrogens is 359 g/mol. The average Bonchev–Trinajstić information content (AvgIpc) is 2.74. The van der Waals surface area contributed by atoms with E-state index < -0.39 is 0 Å². The van der Waals surface area contributed by atoms with Gasteiger partial charge in [0.2, 0.25) is 0 Å². The van der Waals surface area contributed by atoms with Crippen molar-refractivity contribution in [2.24, 2.45) is 12.9 Å². The minimum absolute atomic E-state index is 0.325. The molecule has 1 atom stereocenters. The van der Waals surface area contributed by atoms with Gasteiger partial charge in [0.15, 0.2) is 0 Å². The summed E-state index contributed by atoms with van der Waals surface area (Å²) in [5, 5.41) is 4.98. The lowest BCUT2D eigenvalue weighted by Crippen LogP contribution is -2.31. The third-order valence-corrected chi connectivity index (χ3v) is 4.51. The molecule has 0 bridgehead atoms. The largest absolute Gasteiger partial charge is 0.271 e. The van der Waals surface area contributed by atoms with Crippen LogP contribution < -0.4 is 11.3 Å². The molecule has 1 aromatic heterocycles. The van der Waals surface area contributed by atoms with Crippen molar-refractivity contribution < 1.29 is 4.39 Å². The molecule has 2 aromatic rings. The molecular formula is C14H17BrClFN4. The number of aryl methyl sites for hydroxylation is 2. The Balaban J connectivity index is 2.36. The van der Waals surface area contributed by atoms with E-state index in [9.17, 15) is 4.39 Å². The van der Waals surface area contributed by atoms with E-state index in [4.69, 9.17) is 17.4 Å². The Morgan fingerprint density at radius 2 is 2.24 bits per heavy atom. The molecule has 1 heterocycles. The molecule has 3 N–H and O–H groups in total. The molecule has 1 unspecified atom stereocenters. The summed E-state index contributed by atoms with van der Waals surface area (Å²) < 4.78 is 16.3. The number of hydrogen-bond acceptors (Lipinski definition) is 3. The van der Waals surface area contributed by atoms with Gasteiger partial charge in [0.05, 0.1) is 26.9 Å². The van der Waals surface area contributed by atoms with Crippen LogP contribution in [0.4, 0.5) is 4.39 Å². The first-order valence-electron chi connectivity index (χ1n) is 6.59. The molecule has 0 radical (unpaired) electrons. The normalized spacial score (nSPS) is 12.7. The number of hydrogen-bond donors (Lipinski definition) is 2. The van der Waals surface area contributed by atoms with Crippen LogP contribution in [0.15, 0.2) is 22.7 Å². The van der Waals surface area contributed by atoms with Crippen LogP contribution >= 0.6 is 27.5 Å². The highest BCUT2D eigenvalue weighted by Crippen LogP contribution is 2.29. The van der Waals surface area contributed by atoms with E-state index in [-0.39, 0.29) is 11.9 Å². The second-order valence-corrected chi connectivity index (χ2v) is 5.98. The minimum Gasteiger partial charge on any atom is -0.271 e. The lowest BCUT2D eigenvalue weighted by molar-refractivity contribution is 0.495. The second kappa shape index (κ2) is 6.87. The van der Waals surface area contributed by atoms with Gasteiger partial charge >= 0.3 is 0 Å². The first kappa shape index (κ1) is 16.4. The first-order valence-corrected chi connectivity index (χ1v) is 7.76. The van der Waals surface area contributed by atoms with Gasteiger partial charge in [-0.1, -0.05) is 30.7 Å². The third kappa shape index (κ3) is 3.29. The van der Waals surface area contributed by atoms with Crippen molar-refractivity contribution in [1.29, 1.82) is 0 Å². The van der Waals surface area contributed by atoms with Crippen LogP contribution in [0.1, 0.15) is 29.9 Å². The molecule has 2 rings (SSSR count). The zero-order chi connectivity index (χ0) is 15.6. The quantitative estimate of drug-likeness (QED) is 0.623. The van der Waals surface area contributed by atoms with E-state index in [2.05, 4.69) is 26.5 Å². The summed E-state index contributed by atoms with van der Waals surface area (Å²) in [6, 6.07) is 4.74. The molecule has 0 saturated heterocycles. The fraction of sp³-hybridized carbons (Fsp3) is 0.357. The number of aromatic nitrogens is 2. The maximum absolute atomic E-state index is 14.2. The topological polar surface area (TPSA) is 55.9 Å². The molecule has 4 nitrogen and oxygen atoms in total. The summed E-state index contributed by atoms with van der Waals surface area (Å²) in [6.45, 7) is 1.99. The Morgan fingerprint density at radius 1 is 1.52 bits per heavy atom. The Hall–Kier alpha value is -0.950. The molecule has 21 heavy (non-hydrogen) atoms. The Labute approximate surface area is 136 Å². The standard InChI is InChI=1S/C14H17BrClFN4/c1-3-10-13(16)12(21(2)20-10)7-11(19-18)8-5-4-6-9(15)14(8)17/h4-6,11,19H,3,7,18H2,1-2H3. The lowest BCUT2D eigenvalue weighted by Gasteiger charge is -2.18. The predicted octanol–water partition coefficient (Wildman–Crippen LogP) is 3.28. The van der Waals surface area contributed by atoms with Crippen molar-refractivity contribution in [3.63, 3.8) is 0 Å². The molecule has 0 amide bonds. The van der Waals surface area contributed by atoms with Crippen LogP contribution in [0.3, 0.4) is 0 Å². The Bertz CT molecular complexity index is 644. The summed E-state index contributed by atoms with van der Waals surface area (Å²) >= 11 is 9.52. The van der Waals surface area contributed by atoms with Gasteiger partial charge < -0.3 is 0 Å². The number of nitrogens with two attached hydrogens (primary N) is 1. The van der Waals surface area contributed by atoms with E-state index >= 15 is 0 Å². The Kier molecular flexibility index (Phi) is 5.37. The number of rotatable bonds is 5. The first-order chi connectivity index (χ1) is 9.99. The van der Waals surface area contributed by atoms with Crippen LogP contribution in [0.2, 0.25) is 5.02 Å². The fourth-order valence-corrected chi connectivity index (χ4v) is 3.04. The van der Waals surface area contributed by atoms with Crippen molar-refractivity contribution in [2.75, 3.05) is 0 Å². The van der Waals surface area contributed by atoms with Gasteiger partial charge in [0, 0.05) is 19.0 Å². The van der Waals surface area contributed by atoms with Crippen molar-refractivity contribution in [3.8, 4) is 0 Å². The van der Waals surface area contributed by atoms with Crippen LogP contribution in [0, 0.1) is 5.82 Å². The van der Waals surface area contributed by atoms with Gasteiger partial charge in [0.1, 0.15) is 5.82 Å². The maximum Gasteiger partial charge on any atom is 0.142 e. The summed E-state index contributed by atoms with van der Waals surface area (Å²) in [4.78, 5) is 0. The van der Waals surface area contributed by atoms with Crippen molar-refractivity contribution in [3.05, 3.63) is 50.5 Å². The second-order valence-electron chi connectivity index (χ2n) is 4.75. The third-order valence-electron chi connectivity index (χ3n) is 3.46. The molecule has 1 aromatic carbocycles. The highest BCUT2D eigenvalue weighted by atomic mass is 79.9. The molecule has 0 aliphatic carbocycles. The summed E-state index contributed by atoms with van der Waals surface area (Å²) in [6.07, 6.45) is 1.20. The number of nitrogens with one attached hydrogen (secondary N) is 1. The molecule has 0 aliphatic rings. The van der Waals surface area contributed by atoms with Gasteiger partial charge in [-0.2, -0.15) is 5.10 Å². The number of benzene rings is 1. The monoisotopic (exact) mass is 374 g/mol. The average molecular weight is 376 g/mol. The minimum atomic E-state index is -0.389. The molecule has 114 valence electrons. The van der Waals surface area contributed by atoms with Gasteiger partial charge in [0.25, 0.3) is 0 Å². The summed E-state index contributed by atoms with van der Waals surface area (Å²) in [5.41, 5.74) is 4.81. The van der Waals surface area contributed by atoms with Gasteiger partial charge in [-0.15, -0.1) is 0 Å². The van der Waals surface area contributed by atoms with E-state index in [0.717, 1.165) is 17.8 Å². The van der Waals surface area contributed by atoms with Crippen molar-refractivity contribution in [1.82, 2.24) is 15.2 Å². The highest BCUT2D eigenvalue weighted by molar-refractivity contribution is 9.10. The molecule has 0 aliphatic heterocycles. The predicted molar refractivity (Wildman–Crippen MR) is 85.5 cm³/mol. The molecule has 0 saturated carbocycles.